The average molecular weight is 752 g/mol. The van der Waals surface area contributed by atoms with E-state index in [-0.39, 0.29) is 31.4 Å². The number of fused-ring (bicyclic) bond motifs is 3. The summed E-state index contributed by atoms with van der Waals surface area (Å²) in [4.78, 5) is 71.9. The normalized spacial score (nSPS) is 30.4. The van der Waals surface area contributed by atoms with Crippen molar-refractivity contribution in [3.63, 3.8) is 0 Å². The van der Waals surface area contributed by atoms with Crippen LogP contribution >= 0.6 is 0 Å². The molecule has 3 N–H and O–H groups in total. The SMILES string of the molecule is C=C[C@@H]1C[C@]1(NC(=O)[C@@H]1C[C@@H]2CN1C(=O)[C@H](C(C)(C)C)NC(=O)OCC1(CC/C=C/c3cccc4c3CN(C4)C(=O)O2)CC1)C(=O)NS(=O)(=O)C1CC1. The van der Waals surface area contributed by atoms with Crippen LogP contribution in [0, 0.1) is 16.7 Å². The number of ether oxygens (including phenoxy) is 2. The lowest BCUT2D eigenvalue weighted by atomic mass is 9.85. The Morgan fingerprint density at radius 1 is 1.09 bits per heavy atom. The van der Waals surface area contributed by atoms with E-state index in [4.69, 9.17) is 9.47 Å². The van der Waals surface area contributed by atoms with Crippen LogP contribution in [0.4, 0.5) is 9.59 Å². The molecule has 1 aromatic rings. The highest BCUT2D eigenvalue weighted by Gasteiger charge is 2.62. The Labute approximate surface area is 310 Å². The van der Waals surface area contributed by atoms with E-state index in [0.29, 0.717) is 25.9 Å². The van der Waals surface area contributed by atoms with Crippen molar-refractivity contribution in [1.29, 1.82) is 0 Å². The lowest BCUT2D eigenvalue weighted by Gasteiger charge is -2.35. The molecule has 3 aliphatic carbocycles. The number of cyclic esters (lactones) is 1. The maximum Gasteiger partial charge on any atom is 0.410 e. The lowest BCUT2D eigenvalue weighted by Crippen LogP contribution is -2.60. The number of sulfonamides is 1. The van der Waals surface area contributed by atoms with E-state index in [9.17, 15) is 32.4 Å². The molecule has 0 radical (unpaired) electrons. The van der Waals surface area contributed by atoms with E-state index in [1.165, 1.54) is 11.0 Å². The molecule has 4 fully saturated rings. The zero-order valence-electron chi connectivity index (χ0n) is 30.5. The van der Waals surface area contributed by atoms with Crippen molar-refractivity contribution in [2.75, 3.05) is 13.2 Å². The standard InChI is InChI=1S/C38H49N5O9S/c1-5-25-18-38(25,33(46)41-53(49,50)27-12-13-27)40-31(44)29-17-26-20-43(29)32(45)30(36(2,3)4)39-34(47)51-22-37(15-16-37)14-7-6-9-23-10-8-11-24-19-42(21-28(23)24)35(48)52-26/h5-6,8-11,25-27,29-30H,1,7,12-22H2,2-4H3,(H,39,47)(H,40,44)(H,41,46)/b9-6+/t25-,26-,29+,30-,38-/m1/s1. The van der Waals surface area contributed by atoms with Crippen molar-refractivity contribution in [3.05, 3.63) is 53.6 Å². The first kappa shape index (κ1) is 36.9. The Bertz CT molecular complexity index is 1860. The van der Waals surface area contributed by atoms with Crippen molar-refractivity contribution in [3.8, 4) is 0 Å². The van der Waals surface area contributed by atoms with Crippen LogP contribution in [0.1, 0.15) is 88.8 Å². The van der Waals surface area contributed by atoms with Crippen molar-refractivity contribution < 1.29 is 41.9 Å². The number of rotatable bonds is 6. The Morgan fingerprint density at radius 3 is 2.51 bits per heavy atom. The molecule has 53 heavy (non-hydrogen) atoms. The van der Waals surface area contributed by atoms with Crippen molar-refractivity contribution in [2.24, 2.45) is 16.7 Å². The topological polar surface area (TPSA) is 181 Å². The van der Waals surface area contributed by atoms with Gasteiger partial charge in [0.1, 0.15) is 23.7 Å². The molecule has 1 spiro atoms. The Morgan fingerprint density at radius 2 is 1.85 bits per heavy atom. The van der Waals surface area contributed by atoms with Gasteiger partial charge in [-0.15, -0.1) is 6.58 Å². The summed E-state index contributed by atoms with van der Waals surface area (Å²) in [7, 11) is -3.91. The first-order valence-electron chi connectivity index (χ1n) is 18.5. The number of alkyl carbamates (subject to hydrolysis) is 1. The molecule has 7 rings (SSSR count). The third kappa shape index (κ3) is 7.54. The third-order valence-electron chi connectivity index (χ3n) is 11.6. The van der Waals surface area contributed by atoms with Crippen molar-refractivity contribution in [2.45, 2.75) is 114 Å². The van der Waals surface area contributed by atoms with E-state index in [1.54, 1.807) is 25.7 Å². The molecule has 4 bridgehead atoms. The van der Waals surface area contributed by atoms with Crippen LogP contribution in [0.3, 0.4) is 0 Å². The first-order chi connectivity index (χ1) is 25.0. The van der Waals surface area contributed by atoms with Crippen molar-refractivity contribution >= 4 is 46.0 Å². The van der Waals surface area contributed by atoms with E-state index in [2.05, 4.69) is 34.1 Å². The van der Waals surface area contributed by atoms with Gasteiger partial charge >= 0.3 is 12.2 Å². The number of benzene rings is 1. The molecular weight excluding hydrogens is 703 g/mol. The van der Waals surface area contributed by atoms with Crippen LogP contribution in [0.25, 0.3) is 6.08 Å². The number of allylic oxidation sites excluding steroid dienone is 1. The van der Waals surface area contributed by atoms with Gasteiger partial charge in [-0.1, -0.05) is 57.2 Å². The number of hydrogen-bond donors (Lipinski definition) is 3. The van der Waals surface area contributed by atoms with E-state index in [1.807, 2.05) is 18.2 Å². The number of amides is 5. The zero-order valence-corrected chi connectivity index (χ0v) is 31.3. The second-order valence-corrected chi connectivity index (χ2v) is 18.7. The van der Waals surface area contributed by atoms with Gasteiger partial charge in [-0.25, -0.2) is 18.0 Å². The summed E-state index contributed by atoms with van der Waals surface area (Å²) in [6.45, 7) is 9.85. The third-order valence-corrected chi connectivity index (χ3v) is 13.4. The summed E-state index contributed by atoms with van der Waals surface area (Å²) < 4.78 is 39.2. The Balaban J connectivity index is 1.16. The van der Waals surface area contributed by atoms with E-state index in [0.717, 1.165) is 42.4 Å². The lowest BCUT2D eigenvalue weighted by molar-refractivity contribution is -0.143. The number of carbonyl (C=O) groups excluding carboxylic acids is 5. The fourth-order valence-electron chi connectivity index (χ4n) is 7.78. The second kappa shape index (κ2) is 13.5. The molecule has 286 valence electrons. The molecule has 1 saturated heterocycles. The monoisotopic (exact) mass is 751 g/mol. The highest BCUT2D eigenvalue weighted by molar-refractivity contribution is 7.91. The molecule has 1 aromatic carbocycles. The van der Waals surface area contributed by atoms with Gasteiger partial charge in [0.2, 0.25) is 21.8 Å². The van der Waals surface area contributed by atoms with Gasteiger partial charge in [0.25, 0.3) is 5.91 Å². The molecule has 3 heterocycles. The predicted octanol–water partition coefficient (Wildman–Crippen LogP) is 3.51. The maximum atomic E-state index is 14.5. The highest BCUT2D eigenvalue weighted by atomic mass is 32.2. The van der Waals surface area contributed by atoms with Gasteiger partial charge in [-0.2, -0.15) is 0 Å². The summed E-state index contributed by atoms with van der Waals surface area (Å²) >= 11 is 0. The van der Waals surface area contributed by atoms with Gasteiger partial charge < -0.3 is 25.0 Å². The molecule has 3 aliphatic heterocycles. The van der Waals surface area contributed by atoms with Crippen LogP contribution in [0.5, 0.6) is 0 Å². The molecule has 0 aromatic heterocycles. The largest absolute Gasteiger partial charge is 0.449 e. The van der Waals surface area contributed by atoms with Crippen molar-refractivity contribution in [1.82, 2.24) is 25.2 Å². The smallest absolute Gasteiger partial charge is 0.410 e. The van der Waals surface area contributed by atoms with E-state index >= 15 is 0 Å². The van der Waals surface area contributed by atoms with Gasteiger partial charge in [0.15, 0.2) is 0 Å². The van der Waals surface area contributed by atoms with Crippen LogP contribution < -0.4 is 15.4 Å². The van der Waals surface area contributed by atoms with E-state index < -0.39 is 80.2 Å². The fourth-order valence-corrected chi connectivity index (χ4v) is 9.14. The Hall–Kier alpha value is -4.40. The number of hydrogen-bond acceptors (Lipinski definition) is 9. The predicted molar refractivity (Wildman–Crippen MR) is 193 cm³/mol. The molecule has 3 saturated carbocycles. The van der Waals surface area contributed by atoms with Crippen LogP contribution in [0.2, 0.25) is 0 Å². The summed E-state index contributed by atoms with van der Waals surface area (Å²) in [6, 6.07) is 3.61. The first-order valence-corrected chi connectivity index (χ1v) is 20.1. The zero-order chi connectivity index (χ0) is 37.9. The minimum Gasteiger partial charge on any atom is -0.449 e. The molecular formula is C38H49N5O9S. The molecule has 5 atom stereocenters. The summed E-state index contributed by atoms with van der Waals surface area (Å²) in [6.07, 6.45) is 7.84. The molecule has 5 amide bonds. The highest BCUT2D eigenvalue weighted by Crippen LogP contribution is 2.50. The second-order valence-electron chi connectivity index (χ2n) is 16.7. The number of carbonyl (C=O) groups is 5. The summed E-state index contributed by atoms with van der Waals surface area (Å²) in [5.74, 6) is -2.70. The fraction of sp³-hybridized carbons (Fsp3) is 0.605. The van der Waals surface area contributed by atoms with Gasteiger partial charge in [0.05, 0.1) is 24.9 Å². The van der Waals surface area contributed by atoms with Crippen LogP contribution in [-0.2, 0) is 47.0 Å². The molecule has 0 unspecified atom stereocenters. The average Bonchev–Trinajstić information content (AvgIpc) is 4.05. The minimum atomic E-state index is -3.91. The summed E-state index contributed by atoms with van der Waals surface area (Å²) in [5.41, 5.74) is 0.516. The minimum absolute atomic E-state index is 0.0846. The quantitative estimate of drug-likeness (QED) is 0.367. The van der Waals surface area contributed by atoms with Crippen LogP contribution in [0.15, 0.2) is 36.9 Å². The maximum absolute atomic E-state index is 14.5. The summed E-state index contributed by atoms with van der Waals surface area (Å²) in [5, 5.41) is 4.85. The number of nitrogens with one attached hydrogen (secondary N) is 3. The Kier molecular flexibility index (Phi) is 9.39. The van der Waals surface area contributed by atoms with Gasteiger partial charge in [0, 0.05) is 24.3 Å². The number of nitrogens with zero attached hydrogens (tertiary/aromatic N) is 2. The molecule has 15 heteroatoms. The molecule has 6 aliphatic rings. The van der Waals surface area contributed by atoms with Crippen LogP contribution in [-0.4, -0.2) is 90.3 Å². The molecule has 14 nitrogen and oxygen atoms in total. The van der Waals surface area contributed by atoms with Gasteiger partial charge in [-0.05, 0) is 67.1 Å². The van der Waals surface area contributed by atoms with Gasteiger partial charge in [-0.3, -0.25) is 24.0 Å².